The van der Waals surface area contributed by atoms with Crippen LogP contribution in [0.5, 0.6) is 0 Å². The third kappa shape index (κ3) is 1.76. The van der Waals surface area contributed by atoms with Crippen molar-refractivity contribution in [3.8, 4) is 0 Å². The molecule has 0 N–H and O–H groups in total. The second-order valence-electron chi connectivity index (χ2n) is 2.38. The van der Waals surface area contributed by atoms with E-state index in [1.54, 1.807) is 6.07 Å². The van der Waals surface area contributed by atoms with Crippen LogP contribution in [0.1, 0.15) is 18.1 Å². The van der Waals surface area contributed by atoms with Gasteiger partial charge >= 0.3 is 66.3 Å². The van der Waals surface area contributed by atoms with E-state index in [2.05, 4.69) is 0 Å². The molecule has 0 bridgehead atoms. The molecule has 1 aromatic carbocycles. The molecule has 0 fully saturated rings. The number of halogens is 1. The van der Waals surface area contributed by atoms with Crippen LogP contribution in [-0.2, 0) is 6.42 Å². The van der Waals surface area contributed by atoms with E-state index >= 15 is 0 Å². The third-order valence-electron chi connectivity index (χ3n) is 1.65. The second-order valence-corrected chi connectivity index (χ2v) is 2.38. The normalized spacial score (nSPS) is 9.55. The number of aryl methyl sites for hydroxylation is 1. The minimum absolute atomic E-state index is 0.244. The molecule has 55 valence electrons. The molecule has 0 heterocycles. The summed E-state index contributed by atoms with van der Waals surface area (Å²) in [7, 11) is 5.18. The van der Waals surface area contributed by atoms with Gasteiger partial charge in [-0.3, -0.25) is 0 Å². The molecule has 0 saturated carbocycles. The first-order chi connectivity index (χ1) is 5.27. The zero-order chi connectivity index (χ0) is 8.27. The molecule has 1 aromatic rings. The molecule has 1 rings (SSSR count). The first kappa shape index (κ1) is 8.18. The van der Waals surface area contributed by atoms with Gasteiger partial charge in [0.1, 0.15) is 0 Å². The van der Waals surface area contributed by atoms with Gasteiger partial charge in [-0.25, -0.2) is 0 Å². The van der Waals surface area contributed by atoms with E-state index in [1.165, 1.54) is 12.0 Å². The van der Waals surface area contributed by atoms with Crippen LogP contribution >= 0.6 is 0 Å². The molecule has 0 nitrogen and oxygen atoms in total. The topological polar surface area (TPSA) is 0 Å². The Morgan fingerprint density at radius 1 is 1.55 bits per heavy atom. The van der Waals surface area contributed by atoms with Crippen molar-refractivity contribution in [1.29, 1.82) is 0 Å². The summed E-state index contributed by atoms with van der Waals surface area (Å²) in [6.45, 7) is 1.99. The molecule has 0 aliphatic heterocycles. The van der Waals surface area contributed by atoms with Gasteiger partial charge in [-0.1, -0.05) is 0 Å². The van der Waals surface area contributed by atoms with Crippen molar-refractivity contribution in [2.24, 2.45) is 0 Å². The van der Waals surface area contributed by atoms with Crippen LogP contribution in [0.4, 0.5) is 4.39 Å². The van der Waals surface area contributed by atoms with Gasteiger partial charge in [-0.05, 0) is 0 Å². The maximum atomic E-state index is 12.9. The zero-order valence-corrected chi connectivity index (χ0v) is 6.47. The number of hydrogen-bond donors (Lipinski definition) is 0. The first-order valence-corrected chi connectivity index (χ1v) is 3.61. The van der Waals surface area contributed by atoms with Crippen molar-refractivity contribution < 1.29 is 4.39 Å². The fourth-order valence-electron chi connectivity index (χ4n) is 0.926. The van der Waals surface area contributed by atoms with Gasteiger partial charge in [-0.2, -0.15) is 0 Å². The molecule has 0 saturated heterocycles. The Labute approximate surface area is 67.1 Å². The Morgan fingerprint density at radius 2 is 2.27 bits per heavy atom. The summed E-state index contributed by atoms with van der Waals surface area (Å²) in [6.07, 6.45) is 0.849. The summed E-state index contributed by atoms with van der Waals surface area (Å²) in [5.74, 6) is 1.03. The fraction of sp³-hybridized carbons (Fsp3) is 0.222. The SMILES string of the molecule is [B]=Cc1ccc(CC)cc1F. The second kappa shape index (κ2) is 3.47. The minimum atomic E-state index is -0.244. The summed E-state index contributed by atoms with van der Waals surface area (Å²) in [5, 5.41) is 0. The van der Waals surface area contributed by atoms with E-state index in [9.17, 15) is 4.39 Å². The average molecular weight is 147 g/mol. The number of benzene rings is 1. The Hall–Kier alpha value is -0.915. The van der Waals surface area contributed by atoms with Crippen LogP contribution in [0.3, 0.4) is 0 Å². The van der Waals surface area contributed by atoms with Crippen molar-refractivity contribution in [1.82, 2.24) is 0 Å². The quantitative estimate of drug-likeness (QED) is 0.558. The van der Waals surface area contributed by atoms with E-state index in [4.69, 9.17) is 7.49 Å². The Kier molecular flexibility index (Phi) is 2.58. The van der Waals surface area contributed by atoms with Crippen LogP contribution in [0.2, 0.25) is 0 Å². The summed E-state index contributed by atoms with van der Waals surface area (Å²) < 4.78 is 12.9. The van der Waals surface area contributed by atoms with Crippen LogP contribution in [-0.4, -0.2) is 13.5 Å². The maximum absolute atomic E-state index is 12.9. The van der Waals surface area contributed by atoms with Crippen molar-refractivity contribution in [3.63, 3.8) is 0 Å². The van der Waals surface area contributed by atoms with Crippen LogP contribution in [0.15, 0.2) is 18.2 Å². The molecule has 0 aromatic heterocycles. The molecule has 2 heteroatoms. The summed E-state index contributed by atoms with van der Waals surface area (Å²) in [6, 6.07) is 5.08. The van der Waals surface area contributed by atoms with Gasteiger partial charge in [0.15, 0.2) is 0 Å². The summed E-state index contributed by atoms with van der Waals surface area (Å²) in [4.78, 5) is 0. The zero-order valence-electron chi connectivity index (χ0n) is 6.47. The van der Waals surface area contributed by atoms with Crippen LogP contribution in [0.25, 0.3) is 0 Å². The summed E-state index contributed by atoms with van der Waals surface area (Å²) >= 11 is 0. The predicted octanol–water partition coefficient (Wildman–Crippen LogP) is 1.71. The van der Waals surface area contributed by atoms with E-state index in [1.807, 2.05) is 13.0 Å². The molecule has 0 amide bonds. The monoisotopic (exact) mass is 147 g/mol. The van der Waals surface area contributed by atoms with E-state index < -0.39 is 0 Å². The van der Waals surface area contributed by atoms with Gasteiger partial charge in [-0.15, -0.1) is 0 Å². The van der Waals surface area contributed by atoms with Crippen molar-refractivity contribution >= 4 is 13.5 Å². The molecular weight excluding hydrogens is 138 g/mol. The van der Waals surface area contributed by atoms with Gasteiger partial charge < -0.3 is 0 Å². The Morgan fingerprint density at radius 3 is 2.73 bits per heavy atom. The third-order valence-corrected chi connectivity index (χ3v) is 1.65. The Bertz CT molecular complexity index is 268. The van der Waals surface area contributed by atoms with Gasteiger partial charge in [0.2, 0.25) is 0 Å². The molecule has 11 heavy (non-hydrogen) atoms. The van der Waals surface area contributed by atoms with Gasteiger partial charge in [0, 0.05) is 0 Å². The van der Waals surface area contributed by atoms with E-state index in [-0.39, 0.29) is 5.82 Å². The molecular formula is C9H9BF. The summed E-state index contributed by atoms with van der Waals surface area (Å²) in [5.41, 5.74) is 1.45. The van der Waals surface area contributed by atoms with Crippen LogP contribution < -0.4 is 0 Å². The average Bonchev–Trinajstić information content (AvgIpc) is 2.04. The molecule has 0 aliphatic carbocycles. The first-order valence-electron chi connectivity index (χ1n) is 3.61. The van der Waals surface area contributed by atoms with Crippen molar-refractivity contribution in [2.45, 2.75) is 13.3 Å². The Balaban J connectivity index is 3.09. The van der Waals surface area contributed by atoms with Crippen molar-refractivity contribution in [2.75, 3.05) is 0 Å². The van der Waals surface area contributed by atoms with Crippen LogP contribution in [0, 0.1) is 5.82 Å². The molecule has 0 spiro atoms. The van der Waals surface area contributed by atoms with Gasteiger partial charge in [0.05, 0.1) is 0 Å². The van der Waals surface area contributed by atoms with E-state index in [0.717, 1.165) is 12.0 Å². The molecule has 0 atom stereocenters. The molecule has 0 aliphatic rings. The predicted molar refractivity (Wildman–Crippen MR) is 46.7 cm³/mol. The van der Waals surface area contributed by atoms with Crippen molar-refractivity contribution in [3.05, 3.63) is 35.1 Å². The van der Waals surface area contributed by atoms with E-state index in [0.29, 0.717) is 5.56 Å². The number of rotatable bonds is 2. The standard InChI is InChI=1S/C9H9BF/c1-2-7-3-4-8(6-10)9(11)5-7/h3-6H,2H2,1H3. The van der Waals surface area contributed by atoms with Gasteiger partial charge in [0.25, 0.3) is 0 Å². The molecule has 1 radical (unpaired) electrons. The number of hydrogen-bond acceptors (Lipinski definition) is 0. The fourth-order valence-corrected chi connectivity index (χ4v) is 0.926. The molecule has 0 unspecified atom stereocenters.